The van der Waals surface area contributed by atoms with Gasteiger partial charge in [0.05, 0.1) is 0 Å². The number of esters is 11. The SMILES string of the molecule is CC(=O)OC[C@H]1O[C@H](O[C@@H]2[C@H](OC(C)=O)[C@@H](OC(C)=O)[C@H](O[C@H]3[C@H](OC(C)=O)[C@@H](OC(C)=O)C(OC(C)=O)O[C@@H]3COC(C)=O)O[C@@H]2COC(C)=O)[C@H](OC(C)=O)[C@@H](OC(C)=O)[C@H]1OC(C)=O. The lowest BCUT2D eigenvalue weighted by atomic mass is 9.95. The van der Waals surface area contributed by atoms with Crippen LogP contribution in [0.25, 0.3) is 0 Å². The van der Waals surface area contributed by atoms with E-state index in [-0.39, 0.29) is 0 Å². The third-order valence-electron chi connectivity index (χ3n) is 9.11. The Balaban J connectivity index is 2.31. The lowest BCUT2D eigenvalue weighted by Crippen LogP contribution is -2.69. The van der Waals surface area contributed by atoms with Crippen LogP contribution < -0.4 is 0 Å². The second kappa shape index (κ2) is 25.2. The topological polar surface area (TPSA) is 335 Å². The van der Waals surface area contributed by atoms with Gasteiger partial charge < -0.3 is 75.8 Å². The van der Waals surface area contributed by atoms with Gasteiger partial charge in [-0.3, -0.25) is 52.7 Å². The third-order valence-corrected chi connectivity index (χ3v) is 9.11. The molecule has 0 spiro atoms. The standard InChI is InChI=1S/C40H54O27/c1-15(41)52-12-26-29(55-18(4)44)32(56-19(5)45)36(60-23(9)49)39(64-26)67-31-28(14-54-17(3)43)65-40(37(61-24(10)50)34(31)58-21(7)47)66-30-27(13-53-16(2)42)63-38(62-25(11)51)35(59-22(8)48)33(30)57-20(6)46/h26-40H,12-14H2,1-11H3/t26-,27-,28-,29+,30-,31+,32+,33+,34+,35-,36-,37-,38?,39-,40+/m1/s1. The Morgan fingerprint density at radius 1 is 0.269 bits per heavy atom. The summed E-state index contributed by atoms with van der Waals surface area (Å²) in [6.07, 6.45) is -27.3. The lowest BCUT2D eigenvalue weighted by Gasteiger charge is -2.50. The number of carbonyl (C=O) groups excluding carboxylic acids is 11. The van der Waals surface area contributed by atoms with E-state index in [4.69, 9.17) is 75.8 Å². The van der Waals surface area contributed by atoms with Crippen LogP contribution in [0.2, 0.25) is 0 Å². The van der Waals surface area contributed by atoms with Crippen molar-refractivity contribution in [3.05, 3.63) is 0 Å². The largest absolute Gasteiger partial charge is 0.463 e. The molecular formula is C40H54O27. The van der Waals surface area contributed by atoms with Crippen LogP contribution in [0, 0.1) is 0 Å². The number of hydrogen-bond acceptors (Lipinski definition) is 27. The summed E-state index contributed by atoms with van der Waals surface area (Å²) in [5, 5.41) is 0. The van der Waals surface area contributed by atoms with Crippen LogP contribution in [-0.2, 0) is 129 Å². The normalized spacial score (nSPS) is 31.2. The second-order valence-corrected chi connectivity index (χ2v) is 14.9. The molecule has 27 nitrogen and oxygen atoms in total. The molecule has 3 aliphatic rings. The minimum absolute atomic E-state index is 0.691. The predicted octanol–water partition coefficient (Wildman–Crippen LogP) is -1.29. The van der Waals surface area contributed by atoms with Gasteiger partial charge in [0.25, 0.3) is 0 Å². The van der Waals surface area contributed by atoms with Gasteiger partial charge in [-0.1, -0.05) is 0 Å². The quantitative estimate of drug-likeness (QED) is 0.114. The predicted molar refractivity (Wildman–Crippen MR) is 206 cm³/mol. The third kappa shape index (κ3) is 17.0. The van der Waals surface area contributed by atoms with Gasteiger partial charge in [-0.15, -0.1) is 0 Å². The van der Waals surface area contributed by atoms with Crippen LogP contribution in [0.15, 0.2) is 0 Å². The zero-order valence-electron chi connectivity index (χ0n) is 38.3. The maximum atomic E-state index is 13.0. The molecule has 15 atom stereocenters. The molecular weight excluding hydrogens is 912 g/mol. The fourth-order valence-electron chi connectivity index (χ4n) is 7.01. The van der Waals surface area contributed by atoms with Crippen molar-refractivity contribution in [2.75, 3.05) is 19.8 Å². The van der Waals surface area contributed by atoms with E-state index < -0.39 is 178 Å². The highest BCUT2D eigenvalue weighted by Crippen LogP contribution is 2.38. The molecule has 67 heavy (non-hydrogen) atoms. The first-order valence-corrected chi connectivity index (χ1v) is 20.3. The molecule has 3 rings (SSSR count). The molecule has 3 heterocycles. The highest BCUT2D eigenvalue weighted by molar-refractivity contribution is 5.70. The molecule has 376 valence electrons. The van der Waals surface area contributed by atoms with Gasteiger partial charge in [-0.2, -0.15) is 0 Å². The molecule has 0 aromatic carbocycles. The molecule has 0 bridgehead atoms. The van der Waals surface area contributed by atoms with Gasteiger partial charge in [0.2, 0.25) is 12.4 Å². The molecule has 3 aliphatic heterocycles. The summed E-state index contributed by atoms with van der Waals surface area (Å²) >= 11 is 0. The molecule has 1 unspecified atom stereocenters. The van der Waals surface area contributed by atoms with Crippen LogP contribution in [0.1, 0.15) is 76.2 Å². The summed E-state index contributed by atoms with van der Waals surface area (Å²) in [7, 11) is 0. The molecule has 0 amide bonds. The smallest absolute Gasteiger partial charge is 0.305 e. The second-order valence-electron chi connectivity index (χ2n) is 14.9. The highest BCUT2D eigenvalue weighted by atomic mass is 16.8. The summed E-state index contributed by atoms with van der Waals surface area (Å²) in [5.74, 6) is -10.7. The molecule has 0 radical (unpaired) electrons. The van der Waals surface area contributed by atoms with Gasteiger partial charge in [0.15, 0.2) is 49.2 Å². The lowest BCUT2D eigenvalue weighted by molar-refractivity contribution is -0.378. The number of hydrogen-bond donors (Lipinski definition) is 0. The average molecular weight is 967 g/mol. The number of rotatable bonds is 18. The van der Waals surface area contributed by atoms with Crippen molar-refractivity contribution in [2.24, 2.45) is 0 Å². The molecule has 0 N–H and O–H groups in total. The van der Waals surface area contributed by atoms with Crippen molar-refractivity contribution >= 4 is 65.7 Å². The minimum Gasteiger partial charge on any atom is -0.463 e. The van der Waals surface area contributed by atoms with E-state index in [1.807, 2.05) is 0 Å². The van der Waals surface area contributed by atoms with Crippen molar-refractivity contribution < 1.29 is 129 Å². The minimum atomic E-state index is -2.06. The maximum Gasteiger partial charge on any atom is 0.305 e. The van der Waals surface area contributed by atoms with Crippen LogP contribution in [-0.4, -0.2) is 178 Å². The molecule has 27 heteroatoms. The van der Waals surface area contributed by atoms with E-state index in [0.717, 1.165) is 76.2 Å². The van der Waals surface area contributed by atoms with Crippen molar-refractivity contribution in [1.29, 1.82) is 0 Å². The Morgan fingerprint density at radius 2 is 0.493 bits per heavy atom. The Bertz CT molecular complexity index is 1850. The molecule has 0 saturated carbocycles. The summed E-state index contributed by atoms with van der Waals surface area (Å²) < 4.78 is 90.4. The molecule has 3 saturated heterocycles. The van der Waals surface area contributed by atoms with Crippen LogP contribution in [0.3, 0.4) is 0 Å². The van der Waals surface area contributed by atoms with E-state index in [9.17, 15) is 52.7 Å². The van der Waals surface area contributed by atoms with Crippen molar-refractivity contribution in [3.63, 3.8) is 0 Å². The Kier molecular flexibility index (Phi) is 20.8. The molecule has 3 fully saturated rings. The van der Waals surface area contributed by atoms with E-state index in [0.29, 0.717) is 0 Å². The van der Waals surface area contributed by atoms with Gasteiger partial charge >= 0.3 is 65.7 Å². The molecule has 0 aliphatic carbocycles. The van der Waals surface area contributed by atoms with Crippen LogP contribution >= 0.6 is 0 Å². The van der Waals surface area contributed by atoms with Gasteiger partial charge in [-0.25, -0.2) is 0 Å². The summed E-state index contributed by atoms with van der Waals surface area (Å²) in [4.78, 5) is 137. The maximum absolute atomic E-state index is 13.0. The number of ether oxygens (including phenoxy) is 16. The van der Waals surface area contributed by atoms with Crippen molar-refractivity contribution in [1.82, 2.24) is 0 Å². The van der Waals surface area contributed by atoms with Gasteiger partial charge in [0.1, 0.15) is 50.3 Å². The van der Waals surface area contributed by atoms with Crippen molar-refractivity contribution in [3.8, 4) is 0 Å². The Labute approximate surface area is 382 Å². The number of carbonyl (C=O) groups is 11. The first-order valence-electron chi connectivity index (χ1n) is 20.3. The Hall–Kier alpha value is -6.03. The van der Waals surface area contributed by atoms with E-state index in [1.165, 1.54) is 0 Å². The average Bonchev–Trinajstić information content (AvgIpc) is 3.17. The fourth-order valence-corrected chi connectivity index (χ4v) is 7.01. The fraction of sp³-hybridized carbons (Fsp3) is 0.725. The first kappa shape index (κ1) is 55.3. The van der Waals surface area contributed by atoms with Crippen molar-refractivity contribution in [2.45, 2.75) is 168 Å². The van der Waals surface area contributed by atoms with Gasteiger partial charge in [-0.05, 0) is 0 Å². The first-order chi connectivity index (χ1) is 31.3. The van der Waals surface area contributed by atoms with Crippen LogP contribution in [0.5, 0.6) is 0 Å². The van der Waals surface area contributed by atoms with Gasteiger partial charge in [0, 0.05) is 76.2 Å². The zero-order chi connectivity index (χ0) is 50.4. The molecule has 0 aromatic heterocycles. The Morgan fingerprint density at radius 3 is 0.776 bits per heavy atom. The summed E-state index contributed by atoms with van der Waals surface area (Å²) in [6.45, 7) is 8.53. The zero-order valence-corrected chi connectivity index (χ0v) is 38.3. The highest BCUT2D eigenvalue weighted by Gasteiger charge is 2.60. The van der Waals surface area contributed by atoms with Crippen LogP contribution in [0.4, 0.5) is 0 Å². The summed E-state index contributed by atoms with van der Waals surface area (Å²) in [5.41, 5.74) is 0. The van der Waals surface area contributed by atoms with E-state index in [1.54, 1.807) is 0 Å². The molecule has 0 aromatic rings. The van der Waals surface area contributed by atoms with E-state index >= 15 is 0 Å². The summed E-state index contributed by atoms with van der Waals surface area (Å²) in [6, 6.07) is 0. The van der Waals surface area contributed by atoms with E-state index in [2.05, 4.69) is 0 Å². The monoisotopic (exact) mass is 966 g/mol.